The molecule has 0 unspecified atom stereocenters. The van der Waals surface area contributed by atoms with Crippen LogP contribution in [0, 0.1) is 6.92 Å². The lowest BCUT2D eigenvalue weighted by Gasteiger charge is -1.98. The third-order valence-electron chi connectivity index (χ3n) is 2.70. The molecular formula is C16H28O. The number of hydrogen-bond acceptors (Lipinski definition) is 1. The molecule has 0 spiro atoms. The monoisotopic (exact) mass is 236 g/mol. The highest BCUT2D eigenvalue weighted by Gasteiger charge is 1.90. The number of rotatable bonds is 6. The van der Waals surface area contributed by atoms with Crippen LogP contribution in [0.1, 0.15) is 57.1 Å². The fraction of sp³-hybridized carbons (Fsp3) is 0.625. The second-order valence-electron chi connectivity index (χ2n) is 4.52. The van der Waals surface area contributed by atoms with E-state index in [0.717, 1.165) is 12.8 Å². The van der Waals surface area contributed by atoms with Gasteiger partial charge in [-0.3, -0.25) is 0 Å². The summed E-state index contributed by atoms with van der Waals surface area (Å²) in [6, 6.07) is 8.44. The van der Waals surface area contributed by atoms with Crippen molar-refractivity contribution in [3.63, 3.8) is 0 Å². The van der Waals surface area contributed by atoms with Gasteiger partial charge in [0, 0.05) is 6.61 Å². The van der Waals surface area contributed by atoms with Crippen molar-refractivity contribution in [2.24, 2.45) is 0 Å². The smallest absolute Gasteiger partial charge is 0.0434 e. The Morgan fingerprint density at radius 3 is 1.82 bits per heavy atom. The first-order chi connectivity index (χ1) is 8.24. The van der Waals surface area contributed by atoms with E-state index in [0.29, 0.717) is 0 Å². The Balaban J connectivity index is 0.000000366. The molecule has 0 aliphatic carbocycles. The average molecular weight is 236 g/mol. The van der Waals surface area contributed by atoms with Crippen LogP contribution in [0.15, 0.2) is 24.3 Å². The standard InChI is InChI=1S/C10H14O.C6H14/c1-9-4-6-10(7-5-9)3-2-8-11;1-3-5-6-4-2/h4-7,11H,2-3,8H2,1H3;3-6H2,1-2H3. The zero-order chi connectivity index (χ0) is 12.9. The van der Waals surface area contributed by atoms with Gasteiger partial charge in [0.05, 0.1) is 0 Å². The van der Waals surface area contributed by atoms with E-state index in [4.69, 9.17) is 5.11 Å². The quantitative estimate of drug-likeness (QED) is 0.721. The summed E-state index contributed by atoms with van der Waals surface area (Å²) < 4.78 is 0. The number of hydrogen-bond donors (Lipinski definition) is 1. The molecule has 0 fully saturated rings. The first kappa shape index (κ1) is 16.2. The van der Waals surface area contributed by atoms with Gasteiger partial charge in [0.2, 0.25) is 0 Å². The summed E-state index contributed by atoms with van der Waals surface area (Å²) in [7, 11) is 0. The molecule has 0 aliphatic rings. The van der Waals surface area contributed by atoms with Gasteiger partial charge < -0.3 is 5.11 Å². The molecule has 17 heavy (non-hydrogen) atoms. The van der Waals surface area contributed by atoms with Gasteiger partial charge in [-0.05, 0) is 25.3 Å². The molecule has 1 N–H and O–H groups in total. The Kier molecular flexibility index (Phi) is 11.1. The molecule has 0 aliphatic heterocycles. The van der Waals surface area contributed by atoms with Crippen molar-refractivity contribution in [2.45, 2.75) is 59.3 Å². The lowest BCUT2D eigenvalue weighted by atomic mass is 10.1. The van der Waals surface area contributed by atoms with E-state index in [2.05, 4.69) is 45.0 Å². The third kappa shape index (κ3) is 10.1. The lowest BCUT2D eigenvalue weighted by molar-refractivity contribution is 0.288. The van der Waals surface area contributed by atoms with Crippen molar-refractivity contribution in [2.75, 3.05) is 6.61 Å². The molecule has 1 rings (SSSR count). The van der Waals surface area contributed by atoms with E-state index in [1.807, 2.05) is 0 Å². The van der Waals surface area contributed by atoms with Crippen molar-refractivity contribution in [3.05, 3.63) is 35.4 Å². The highest BCUT2D eigenvalue weighted by Crippen LogP contribution is 2.04. The molecule has 98 valence electrons. The minimum Gasteiger partial charge on any atom is -0.396 e. The molecule has 1 aromatic carbocycles. The molecule has 0 bridgehead atoms. The largest absolute Gasteiger partial charge is 0.396 e. The summed E-state index contributed by atoms with van der Waals surface area (Å²) >= 11 is 0. The van der Waals surface area contributed by atoms with Crippen LogP contribution in [-0.4, -0.2) is 11.7 Å². The van der Waals surface area contributed by atoms with E-state index in [1.54, 1.807) is 0 Å². The van der Waals surface area contributed by atoms with E-state index in [-0.39, 0.29) is 6.61 Å². The molecule has 1 nitrogen and oxygen atoms in total. The fourth-order valence-corrected chi connectivity index (χ4v) is 1.54. The Labute approximate surface area is 107 Å². The second kappa shape index (κ2) is 11.7. The van der Waals surface area contributed by atoms with Gasteiger partial charge in [-0.1, -0.05) is 69.4 Å². The Morgan fingerprint density at radius 2 is 1.41 bits per heavy atom. The molecule has 0 atom stereocenters. The van der Waals surface area contributed by atoms with Gasteiger partial charge in [0.25, 0.3) is 0 Å². The highest BCUT2D eigenvalue weighted by molar-refractivity contribution is 5.21. The van der Waals surface area contributed by atoms with Gasteiger partial charge in [0.15, 0.2) is 0 Å². The normalized spacial score (nSPS) is 9.65. The van der Waals surface area contributed by atoms with E-state index >= 15 is 0 Å². The summed E-state index contributed by atoms with van der Waals surface area (Å²) in [6.45, 7) is 6.83. The summed E-state index contributed by atoms with van der Waals surface area (Å²) in [4.78, 5) is 0. The maximum absolute atomic E-state index is 8.58. The van der Waals surface area contributed by atoms with Gasteiger partial charge in [0.1, 0.15) is 0 Å². The van der Waals surface area contributed by atoms with Crippen LogP contribution in [0.25, 0.3) is 0 Å². The van der Waals surface area contributed by atoms with Crippen molar-refractivity contribution in [3.8, 4) is 0 Å². The van der Waals surface area contributed by atoms with Crippen LogP contribution in [-0.2, 0) is 6.42 Å². The zero-order valence-corrected chi connectivity index (χ0v) is 11.7. The number of aliphatic hydroxyl groups excluding tert-OH is 1. The van der Waals surface area contributed by atoms with Crippen molar-refractivity contribution in [1.82, 2.24) is 0 Å². The zero-order valence-electron chi connectivity index (χ0n) is 11.7. The van der Waals surface area contributed by atoms with E-state index in [9.17, 15) is 0 Å². The maximum Gasteiger partial charge on any atom is 0.0434 e. The van der Waals surface area contributed by atoms with Crippen LogP contribution in [0.5, 0.6) is 0 Å². The van der Waals surface area contributed by atoms with Crippen molar-refractivity contribution in [1.29, 1.82) is 0 Å². The molecule has 0 aromatic heterocycles. The maximum atomic E-state index is 8.58. The third-order valence-corrected chi connectivity index (χ3v) is 2.70. The van der Waals surface area contributed by atoms with Crippen molar-refractivity contribution >= 4 is 0 Å². The van der Waals surface area contributed by atoms with Gasteiger partial charge in [-0.15, -0.1) is 0 Å². The van der Waals surface area contributed by atoms with E-state index < -0.39 is 0 Å². The fourth-order valence-electron chi connectivity index (χ4n) is 1.54. The molecule has 1 aromatic rings. The molecular weight excluding hydrogens is 208 g/mol. The van der Waals surface area contributed by atoms with E-state index in [1.165, 1.54) is 36.8 Å². The Morgan fingerprint density at radius 1 is 0.882 bits per heavy atom. The average Bonchev–Trinajstić information content (AvgIpc) is 2.36. The summed E-state index contributed by atoms with van der Waals surface area (Å²) in [6.07, 6.45) is 7.38. The summed E-state index contributed by atoms with van der Waals surface area (Å²) in [5, 5.41) is 8.58. The summed E-state index contributed by atoms with van der Waals surface area (Å²) in [5.74, 6) is 0. The van der Waals surface area contributed by atoms with Crippen LogP contribution in [0.2, 0.25) is 0 Å². The predicted molar refractivity (Wildman–Crippen MR) is 76.4 cm³/mol. The van der Waals surface area contributed by atoms with Crippen molar-refractivity contribution < 1.29 is 5.11 Å². The van der Waals surface area contributed by atoms with Crippen LogP contribution < -0.4 is 0 Å². The molecule has 0 saturated heterocycles. The summed E-state index contributed by atoms with van der Waals surface area (Å²) in [5.41, 5.74) is 2.60. The topological polar surface area (TPSA) is 20.2 Å². The highest BCUT2D eigenvalue weighted by atomic mass is 16.2. The number of unbranched alkanes of at least 4 members (excludes halogenated alkanes) is 3. The van der Waals surface area contributed by atoms with Crippen LogP contribution >= 0.6 is 0 Å². The molecule has 0 heterocycles. The second-order valence-corrected chi connectivity index (χ2v) is 4.52. The van der Waals surface area contributed by atoms with Crippen LogP contribution in [0.4, 0.5) is 0 Å². The SMILES string of the molecule is CCCCCC.Cc1ccc(CCCO)cc1. The molecule has 0 amide bonds. The Bertz CT molecular complexity index is 247. The predicted octanol–water partition coefficient (Wildman–Crippen LogP) is 4.51. The molecule has 0 saturated carbocycles. The lowest BCUT2D eigenvalue weighted by Crippen LogP contribution is -1.88. The minimum atomic E-state index is 0.286. The van der Waals surface area contributed by atoms with Gasteiger partial charge in [-0.2, -0.15) is 0 Å². The number of aliphatic hydroxyl groups is 1. The van der Waals surface area contributed by atoms with Gasteiger partial charge in [-0.25, -0.2) is 0 Å². The molecule has 0 radical (unpaired) electrons. The first-order valence-electron chi connectivity index (χ1n) is 6.91. The molecule has 1 heteroatoms. The first-order valence-corrected chi connectivity index (χ1v) is 6.91. The number of benzene rings is 1. The van der Waals surface area contributed by atoms with Gasteiger partial charge >= 0.3 is 0 Å². The van der Waals surface area contributed by atoms with Crippen LogP contribution in [0.3, 0.4) is 0 Å². The number of aryl methyl sites for hydroxylation is 2. The Hall–Kier alpha value is -0.820. The minimum absolute atomic E-state index is 0.286.